The number of fused-ring (bicyclic) bond motifs is 2. The quantitative estimate of drug-likeness (QED) is 0.182. The molecule has 0 aliphatic heterocycles. The van der Waals surface area contributed by atoms with Gasteiger partial charge in [-0.3, -0.25) is 4.98 Å². The van der Waals surface area contributed by atoms with E-state index in [9.17, 15) is 0 Å². The van der Waals surface area contributed by atoms with E-state index < -0.39 is 0 Å². The van der Waals surface area contributed by atoms with E-state index in [4.69, 9.17) is 9.97 Å². The second-order valence-corrected chi connectivity index (χ2v) is 12.5. The molecule has 2 heterocycles. The Morgan fingerprint density at radius 3 is 1.56 bits per heavy atom. The molecule has 0 unspecified atom stereocenters. The molecule has 0 amide bonds. The molecule has 50 heavy (non-hydrogen) atoms. The zero-order valence-electron chi connectivity index (χ0n) is 27.2. The number of para-hydroxylation sites is 1. The first-order valence-electron chi connectivity index (χ1n) is 16.8. The van der Waals surface area contributed by atoms with Crippen molar-refractivity contribution in [3.05, 3.63) is 188 Å². The normalized spacial score (nSPS) is 11.2. The topological polar surface area (TPSA) is 38.7 Å². The Kier molecular flexibility index (Phi) is 7.49. The Bertz CT molecular complexity index is 2550. The van der Waals surface area contributed by atoms with E-state index in [0.29, 0.717) is 5.82 Å². The molecule has 0 saturated carbocycles. The maximum absolute atomic E-state index is 5.03. The number of rotatable bonds is 6. The van der Waals surface area contributed by atoms with Crippen LogP contribution in [0.15, 0.2) is 188 Å². The summed E-state index contributed by atoms with van der Waals surface area (Å²) in [6.07, 6.45) is 1.96. The average molecular weight is 638 g/mol. The van der Waals surface area contributed by atoms with Crippen molar-refractivity contribution in [3.8, 4) is 67.3 Å². The fraction of sp³-hybridized carbons (Fsp3) is 0. The molecule has 0 saturated heterocycles. The van der Waals surface area contributed by atoms with Crippen LogP contribution in [0, 0.1) is 0 Å². The van der Waals surface area contributed by atoms with Gasteiger partial charge in [0.05, 0.1) is 16.9 Å². The fourth-order valence-corrected chi connectivity index (χ4v) is 6.69. The van der Waals surface area contributed by atoms with Crippen molar-refractivity contribution in [2.45, 2.75) is 0 Å². The highest BCUT2D eigenvalue weighted by molar-refractivity contribution is 6.00. The van der Waals surface area contributed by atoms with Crippen molar-refractivity contribution in [2.75, 3.05) is 0 Å². The third-order valence-corrected chi connectivity index (χ3v) is 9.32. The van der Waals surface area contributed by atoms with Crippen LogP contribution in [0.3, 0.4) is 0 Å². The summed E-state index contributed by atoms with van der Waals surface area (Å²) in [6.45, 7) is 0. The van der Waals surface area contributed by atoms with E-state index >= 15 is 0 Å². The van der Waals surface area contributed by atoms with Gasteiger partial charge in [-0.25, -0.2) is 9.97 Å². The van der Waals surface area contributed by atoms with E-state index in [1.165, 1.54) is 27.5 Å². The Hall–Kier alpha value is -6.71. The number of nitrogens with zero attached hydrogens (tertiary/aromatic N) is 3. The summed E-state index contributed by atoms with van der Waals surface area (Å²) in [4.78, 5) is 14.7. The standard InChI is InChI=1S/C47H31N3/c1-3-11-35(12-4-1)45-30-46(50-47(49-45)37-13-5-2-6-14-37)36-25-21-32(22-26-36)40-27-38-15-7-9-17-42(38)43(29-40)34-23-19-33(20-24-34)41-28-39-16-8-10-18-44(39)48-31-41/h1-31H. The molecule has 3 heteroatoms. The molecule has 2 aromatic heterocycles. The summed E-state index contributed by atoms with van der Waals surface area (Å²) >= 11 is 0. The van der Waals surface area contributed by atoms with Gasteiger partial charge >= 0.3 is 0 Å². The molecule has 0 fully saturated rings. The van der Waals surface area contributed by atoms with Gasteiger partial charge in [-0.1, -0.05) is 152 Å². The lowest BCUT2D eigenvalue weighted by Crippen LogP contribution is -1.95. The van der Waals surface area contributed by atoms with Crippen LogP contribution in [-0.2, 0) is 0 Å². The van der Waals surface area contributed by atoms with Crippen molar-refractivity contribution in [2.24, 2.45) is 0 Å². The first kappa shape index (κ1) is 29.4. The number of hydrogen-bond acceptors (Lipinski definition) is 3. The maximum Gasteiger partial charge on any atom is 0.160 e. The molecule has 9 aromatic rings. The highest BCUT2D eigenvalue weighted by Crippen LogP contribution is 2.36. The molecule has 0 atom stereocenters. The molecule has 0 bridgehead atoms. The third kappa shape index (κ3) is 5.72. The second-order valence-electron chi connectivity index (χ2n) is 12.5. The molecule has 3 nitrogen and oxygen atoms in total. The number of hydrogen-bond donors (Lipinski definition) is 0. The van der Waals surface area contributed by atoms with Crippen molar-refractivity contribution in [1.82, 2.24) is 15.0 Å². The average Bonchev–Trinajstić information content (AvgIpc) is 3.21. The first-order valence-corrected chi connectivity index (χ1v) is 16.8. The molecular weight excluding hydrogens is 607 g/mol. The smallest absolute Gasteiger partial charge is 0.160 e. The maximum atomic E-state index is 5.03. The van der Waals surface area contributed by atoms with E-state index in [1.807, 2.05) is 54.7 Å². The lowest BCUT2D eigenvalue weighted by molar-refractivity contribution is 1.18. The van der Waals surface area contributed by atoms with Crippen LogP contribution in [0.4, 0.5) is 0 Å². The van der Waals surface area contributed by atoms with Crippen molar-refractivity contribution < 1.29 is 0 Å². The van der Waals surface area contributed by atoms with Crippen LogP contribution in [0.1, 0.15) is 0 Å². The van der Waals surface area contributed by atoms with Gasteiger partial charge in [-0.2, -0.15) is 0 Å². The second kappa shape index (κ2) is 12.7. The molecule has 0 N–H and O–H groups in total. The van der Waals surface area contributed by atoms with Crippen LogP contribution in [-0.4, -0.2) is 15.0 Å². The lowest BCUT2D eigenvalue weighted by atomic mass is 9.92. The van der Waals surface area contributed by atoms with Gasteiger partial charge in [0.2, 0.25) is 0 Å². The highest BCUT2D eigenvalue weighted by Gasteiger charge is 2.13. The van der Waals surface area contributed by atoms with Gasteiger partial charge in [0.15, 0.2) is 5.82 Å². The summed E-state index contributed by atoms with van der Waals surface area (Å²) in [5.74, 6) is 0.716. The fourth-order valence-electron chi connectivity index (χ4n) is 6.69. The van der Waals surface area contributed by atoms with Crippen LogP contribution in [0.5, 0.6) is 0 Å². The van der Waals surface area contributed by atoms with E-state index in [-0.39, 0.29) is 0 Å². The minimum absolute atomic E-state index is 0.716. The molecule has 0 aliphatic carbocycles. The Balaban J connectivity index is 1.08. The highest BCUT2D eigenvalue weighted by atomic mass is 14.9. The Morgan fingerprint density at radius 1 is 0.320 bits per heavy atom. The third-order valence-electron chi connectivity index (χ3n) is 9.32. The number of benzene rings is 7. The minimum Gasteiger partial charge on any atom is -0.256 e. The Labute approximate surface area is 291 Å². The summed E-state index contributed by atoms with van der Waals surface area (Å²) in [5.41, 5.74) is 12.9. The summed E-state index contributed by atoms with van der Waals surface area (Å²) in [5, 5.41) is 3.59. The predicted octanol–water partition coefficient (Wildman–Crippen LogP) is 12.2. The molecule has 0 radical (unpaired) electrons. The number of aromatic nitrogens is 3. The van der Waals surface area contributed by atoms with Gasteiger partial charge in [-0.05, 0) is 68.9 Å². The largest absolute Gasteiger partial charge is 0.256 e. The van der Waals surface area contributed by atoms with Gasteiger partial charge in [0.25, 0.3) is 0 Å². The molecular formula is C47H31N3. The SMILES string of the molecule is c1ccc(-c2cc(-c3ccc(-c4cc(-c5ccc(-c6cnc7ccccc7c6)cc5)c5ccccc5c4)cc3)nc(-c3ccccc3)n2)cc1. The lowest BCUT2D eigenvalue weighted by Gasteiger charge is -2.13. The van der Waals surface area contributed by atoms with Gasteiger partial charge in [0.1, 0.15) is 0 Å². The van der Waals surface area contributed by atoms with Crippen LogP contribution < -0.4 is 0 Å². The van der Waals surface area contributed by atoms with Gasteiger partial charge in [-0.15, -0.1) is 0 Å². The van der Waals surface area contributed by atoms with Crippen molar-refractivity contribution in [3.63, 3.8) is 0 Å². The summed E-state index contributed by atoms with van der Waals surface area (Å²) in [7, 11) is 0. The molecule has 9 rings (SSSR count). The summed E-state index contributed by atoms with van der Waals surface area (Å²) in [6, 6.07) is 63.9. The van der Waals surface area contributed by atoms with Crippen molar-refractivity contribution in [1.29, 1.82) is 0 Å². The number of pyridine rings is 1. The van der Waals surface area contributed by atoms with Gasteiger partial charge < -0.3 is 0 Å². The molecule has 0 spiro atoms. The molecule has 7 aromatic carbocycles. The molecule has 0 aliphatic rings. The van der Waals surface area contributed by atoms with E-state index in [0.717, 1.165) is 55.7 Å². The van der Waals surface area contributed by atoms with E-state index in [2.05, 4.69) is 138 Å². The van der Waals surface area contributed by atoms with Crippen LogP contribution in [0.25, 0.3) is 89.0 Å². The van der Waals surface area contributed by atoms with Crippen LogP contribution in [0.2, 0.25) is 0 Å². The predicted molar refractivity (Wildman–Crippen MR) is 207 cm³/mol. The van der Waals surface area contributed by atoms with Gasteiger partial charge in [0, 0.05) is 33.8 Å². The van der Waals surface area contributed by atoms with Crippen molar-refractivity contribution >= 4 is 21.7 Å². The first-order chi connectivity index (χ1) is 24.7. The van der Waals surface area contributed by atoms with E-state index in [1.54, 1.807) is 0 Å². The minimum atomic E-state index is 0.716. The molecule has 234 valence electrons. The zero-order chi connectivity index (χ0) is 33.3. The zero-order valence-corrected chi connectivity index (χ0v) is 27.2. The monoisotopic (exact) mass is 637 g/mol. The summed E-state index contributed by atoms with van der Waals surface area (Å²) < 4.78 is 0. The Morgan fingerprint density at radius 2 is 0.840 bits per heavy atom. The van der Waals surface area contributed by atoms with Crippen LogP contribution >= 0.6 is 0 Å².